The van der Waals surface area contributed by atoms with Crippen LogP contribution in [0, 0.1) is 17.3 Å². The fourth-order valence-electron chi connectivity index (χ4n) is 5.10. The van der Waals surface area contributed by atoms with Gasteiger partial charge in [-0.15, -0.1) is 11.3 Å². The van der Waals surface area contributed by atoms with Crippen molar-refractivity contribution in [2.75, 3.05) is 23.3 Å². The minimum atomic E-state index is 0.356. The molecule has 0 bridgehead atoms. The molecule has 1 aliphatic heterocycles. The smallest absolute Gasteiger partial charge is 0.142 e. The fraction of sp³-hybridized carbons (Fsp3) is 0.538. The zero-order chi connectivity index (χ0) is 21.6. The van der Waals surface area contributed by atoms with Gasteiger partial charge in [0, 0.05) is 29.3 Å². The van der Waals surface area contributed by atoms with Crippen LogP contribution in [0.25, 0.3) is 10.2 Å². The molecule has 2 aromatic heterocycles. The van der Waals surface area contributed by atoms with E-state index >= 15 is 0 Å². The summed E-state index contributed by atoms with van der Waals surface area (Å²) in [5.74, 6) is 2.55. The summed E-state index contributed by atoms with van der Waals surface area (Å²) in [6.07, 6.45) is 7.83. The molecule has 3 heterocycles. The standard InChI is InChI=1S/C26H34N4S/c1-17-11-13-30(14-12-17)20-8-6-19(7-9-20)29-24-23-21-10-5-18(26(2,3)4)15-22(21)31-25(23)28-16-27-24/h6-9,16-18H,5,10-15H2,1-4H3,(H,27,28,29). The predicted molar refractivity (Wildman–Crippen MR) is 133 cm³/mol. The maximum atomic E-state index is 4.64. The van der Waals surface area contributed by atoms with E-state index in [1.54, 1.807) is 6.33 Å². The third-order valence-electron chi connectivity index (χ3n) is 7.35. The van der Waals surface area contributed by atoms with E-state index in [1.165, 1.54) is 47.2 Å². The number of piperidine rings is 1. The van der Waals surface area contributed by atoms with Crippen LogP contribution in [0.4, 0.5) is 17.2 Å². The number of hydrogen-bond acceptors (Lipinski definition) is 5. The van der Waals surface area contributed by atoms with Crippen molar-refractivity contribution in [2.45, 2.75) is 59.8 Å². The van der Waals surface area contributed by atoms with Crippen molar-refractivity contribution in [2.24, 2.45) is 17.3 Å². The molecule has 0 spiro atoms. The van der Waals surface area contributed by atoms with Gasteiger partial charge in [0.1, 0.15) is 17.0 Å². The monoisotopic (exact) mass is 434 g/mol. The molecule has 1 N–H and O–H groups in total. The van der Waals surface area contributed by atoms with Gasteiger partial charge in [0.25, 0.3) is 0 Å². The van der Waals surface area contributed by atoms with Crippen LogP contribution < -0.4 is 10.2 Å². The number of aromatic nitrogens is 2. The van der Waals surface area contributed by atoms with Crippen LogP contribution in [-0.4, -0.2) is 23.1 Å². The van der Waals surface area contributed by atoms with E-state index < -0.39 is 0 Å². The number of anilines is 3. The SMILES string of the molecule is CC1CCN(c2ccc(Nc3ncnc4sc5c(c34)CCC(C(C)(C)C)C5)cc2)CC1. The van der Waals surface area contributed by atoms with Gasteiger partial charge in [0.15, 0.2) is 0 Å². The Labute approximate surface area is 190 Å². The molecule has 0 amide bonds. The van der Waals surface area contributed by atoms with Crippen molar-refractivity contribution >= 4 is 38.7 Å². The maximum absolute atomic E-state index is 4.64. The lowest BCUT2D eigenvalue weighted by Gasteiger charge is -2.33. The first-order chi connectivity index (χ1) is 14.9. The minimum Gasteiger partial charge on any atom is -0.372 e. The second kappa shape index (κ2) is 8.09. The molecule has 3 aromatic rings. The van der Waals surface area contributed by atoms with Crippen LogP contribution in [0.1, 0.15) is 57.4 Å². The predicted octanol–water partition coefficient (Wildman–Crippen LogP) is 6.82. The Hall–Kier alpha value is -2.14. The molecule has 5 rings (SSSR count). The average molecular weight is 435 g/mol. The molecule has 1 unspecified atom stereocenters. The number of nitrogens with one attached hydrogen (secondary N) is 1. The highest BCUT2D eigenvalue weighted by Gasteiger charge is 2.31. The van der Waals surface area contributed by atoms with Gasteiger partial charge in [0.2, 0.25) is 0 Å². The lowest BCUT2D eigenvalue weighted by atomic mass is 9.72. The molecule has 31 heavy (non-hydrogen) atoms. The molecule has 1 atom stereocenters. The molecule has 0 radical (unpaired) electrons. The number of fused-ring (bicyclic) bond motifs is 3. The Morgan fingerprint density at radius 1 is 1.03 bits per heavy atom. The molecule has 1 saturated heterocycles. The molecular weight excluding hydrogens is 400 g/mol. The van der Waals surface area contributed by atoms with E-state index in [4.69, 9.17) is 0 Å². The van der Waals surface area contributed by atoms with Crippen LogP contribution in [0.2, 0.25) is 0 Å². The van der Waals surface area contributed by atoms with Gasteiger partial charge in [-0.2, -0.15) is 0 Å². The maximum Gasteiger partial charge on any atom is 0.142 e. The molecule has 4 nitrogen and oxygen atoms in total. The van der Waals surface area contributed by atoms with Gasteiger partial charge in [-0.25, -0.2) is 9.97 Å². The van der Waals surface area contributed by atoms with Gasteiger partial charge in [0.05, 0.1) is 5.39 Å². The largest absolute Gasteiger partial charge is 0.372 e. The van der Waals surface area contributed by atoms with Crippen molar-refractivity contribution in [3.8, 4) is 0 Å². The Balaban J connectivity index is 1.38. The van der Waals surface area contributed by atoms with Crippen molar-refractivity contribution in [1.82, 2.24) is 9.97 Å². The Morgan fingerprint density at radius 2 is 1.77 bits per heavy atom. The van der Waals surface area contributed by atoms with Crippen molar-refractivity contribution in [3.05, 3.63) is 41.0 Å². The van der Waals surface area contributed by atoms with Gasteiger partial charge < -0.3 is 10.2 Å². The van der Waals surface area contributed by atoms with Gasteiger partial charge in [-0.1, -0.05) is 27.7 Å². The van der Waals surface area contributed by atoms with E-state index in [2.05, 4.69) is 72.1 Å². The number of nitrogens with zero attached hydrogens (tertiary/aromatic N) is 3. The highest BCUT2D eigenvalue weighted by Crippen LogP contribution is 2.44. The van der Waals surface area contributed by atoms with Crippen LogP contribution >= 0.6 is 11.3 Å². The lowest BCUT2D eigenvalue weighted by molar-refractivity contribution is 0.218. The first-order valence-corrected chi connectivity index (χ1v) is 12.6. The Morgan fingerprint density at radius 3 is 2.48 bits per heavy atom. The molecule has 2 aliphatic rings. The van der Waals surface area contributed by atoms with Gasteiger partial charge in [-0.05, 0) is 79.2 Å². The number of benzene rings is 1. The van der Waals surface area contributed by atoms with E-state index in [9.17, 15) is 0 Å². The second-order valence-electron chi connectivity index (χ2n) is 10.6. The molecule has 0 saturated carbocycles. The van der Waals surface area contributed by atoms with Crippen LogP contribution in [0.15, 0.2) is 30.6 Å². The molecular formula is C26H34N4S. The second-order valence-corrected chi connectivity index (χ2v) is 11.6. The van der Waals surface area contributed by atoms with Crippen molar-refractivity contribution in [1.29, 1.82) is 0 Å². The van der Waals surface area contributed by atoms with Crippen LogP contribution in [0.3, 0.4) is 0 Å². The first-order valence-electron chi connectivity index (χ1n) is 11.8. The first kappa shape index (κ1) is 20.7. The molecule has 5 heteroatoms. The summed E-state index contributed by atoms with van der Waals surface area (Å²) >= 11 is 1.87. The lowest BCUT2D eigenvalue weighted by Crippen LogP contribution is -2.32. The number of rotatable bonds is 3. The zero-order valence-electron chi connectivity index (χ0n) is 19.2. The van der Waals surface area contributed by atoms with Gasteiger partial charge >= 0.3 is 0 Å². The molecule has 1 fully saturated rings. The summed E-state index contributed by atoms with van der Waals surface area (Å²) in [5.41, 5.74) is 4.25. The summed E-state index contributed by atoms with van der Waals surface area (Å²) in [6, 6.07) is 8.87. The highest BCUT2D eigenvalue weighted by atomic mass is 32.1. The van der Waals surface area contributed by atoms with E-state index in [1.807, 2.05) is 11.3 Å². The topological polar surface area (TPSA) is 41.0 Å². The summed E-state index contributed by atoms with van der Waals surface area (Å²) < 4.78 is 0. The quantitative estimate of drug-likeness (QED) is 0.491. The molecule has 164 valence electrons. The Bertz CT molecular complexity index is 1060. The summed E-state index contributed by atoms with van der Waals surface area (Å²) in [6.45, 7) is 11.8. The van der Waals surface area contributed by atoms with Crippen LogP contribution in [-0.2, 0) is 12.8 Å². The molecule has 1 aliphatic carbocycles. The average Bonchev–Trinajstić information content (AvgIpc) is 3.13. The van der Waals surface area contributed by atoms with Gasteiger partial charge in [-0.3, -0.25) is 0 Å². The third kappa shape index (κ3) is 4.17. The minimum absolute atomic E-state index is 0.356. The van der Waals surface area contributed by atoms with E-state index in [0.717, 1.165) is 47.7 Å². The summed E-state index contributed by atoms with van der Waals surface area (Å²) in [4.78, 5) is 14.4. The van der Waals surface area contributed by atoms with Crippen molar-refractivity contribution in [3.63, 3.8) is 0 Å². The van der Waals surface area contributed by atoms with E-state index in [-0.39, 0.29) is 0 Å². The summed E-state index contributed by atoms with van der Waals surface area (Å²) in [5, 5.41) is 4.84. The van der Waals surface area contributed by atoms with E-state index in [0.29, 0.717) is 5.41 Å². The Kier molecular flexibility index (Phi) is 5.41. The number of thiophene rings is 1. The summed E-state index contributed by atoms with van der Waals surface area (Å²) in [7, 11) is 0. The van der Waals surface area contributed by atoms with Crippen LogP contribution in [0.5, 0.6) is 0 Å². The molecule has 1 aromatic carbocycles. The van der Waals surface area contributed by atoms with Crippen molar-refractivity contribution < 1.29 is 0 Å². The number of hydrogen-bond donors (Lipinski definition) is 1. The fourth-order valence-corrected chi connectivity index (χ4v) is 6.37. The highest BCUT2D eigenvalue weighted by molar-refractivity contribution is 7.19. The third-order valence-corrected chi connectivity index (χ3v) is 8.51. The zero-order valence-corrected chi connectivity index (χ0v) is 20.1. The number of aryl methyl sites for hydroxylation is 1. The normalized spacial score (nSPS) is 20.1.